The van der Waals surface area contributed by atoms with E-state index in [9.17, 15) is 4.79 Å². The van der Waals surface area contributed by atoms with Gasteiger partial charge in [0.2, 0.25) is 5.91 Å². The van der Waals surface area contributed by atoms with Crippen LogP contribution in [0.1, 0.15) is 46.5 Å². The Morgan fingerprint density at radius 1 is 1.27 bits per heavy atom. The second-order valence-corrected chi connectivity index (χ2v) is 4.47. The molecule has 0 aliphatic carbocycles. The lowest BCUT2D eigenvalue weighted by Crippen LogP contribution is -2.40. The van der Waals surface area contributed by atoms with E-state index in [1.54, 1.807) is 4.90 Å². The van der Waals surface area contributed by atoms with Crippen LogP contribution in [-0.2, 0) is 4.79 Å². The Labute approximate surface area is 94.0 Å². The van der Waals surface area contributed by atoms with Crippen LogP contribution in [0.5, 0.6) is 0 Å². The lowest BCUT2D eigenvalue weighted by atomic mass is 9.97. The SMILES string of the molecule is CCCC(CCC)C(=O)N(C)CC(C)N. The maximum absolute atomic E-state index is 12.0. The van der Waals surface area contributed by atoms with Gasteiger partial charge in [-0.2, -0.15) is 0 Å². The Morgan fingerprint density at radius 2 is 1.73 bits per heavy atom. The first-order chi connectivity index (χ1) is 7.02. The number of likely N-dealkylation sites (N-methyl/N-ethyl adjacent to an activating group) is 1. The Bertz CT molecular complexity index is 174. The van der Waals surface area contributed by atoms with E-state index in [-0.39, 0.29) is 17.9 Å². The predicted molar refractivity (Wildman–Crippen MR) is 64.6 cm³/mol. The van der Waals surface area contributed by atoms with Gasteiger partial charge in [0.15, 0.2) is 0 Å². The molecular weight excluding hydrogens is 188 g/mol. The van der Waals surface area contributed by atoms with Crippen molar-refractivity contribution in [2.45, 2.75) is 52.5 Å². The Morgan fingerprint density at radius 3 is 2.07 bits per heavy atom. The molecule has 0 saturated heterocycles. The molecule has 0 heterocycles. The van der Waals surface area contributed by atoms with Gasteiger partial charge in [0.1, 0.15) is 0 Å². The van der Waals surface area contributed by atoms with Gasteiger partial charge in [-0.25, -0.2) is 0 Å². The number of carbonyl (C=O) groups is 1. The van der Waals surface area contributed by atoms with Gasteiger partial charge in [0.05, 0.1) is 0 Å². The van der Waals surface area contributed by atoms with Gasteiger partial charge in [-0.3, -0.25) is 4.79 Å². The standard InChI is InChI=1S/C12H26N2O/c1-5-7-11(8-6-2)12(15)14(4)9-10(3)13/h10-11H,5-9,13H2,1-4H3. The van der Waals surface area contributed by atoms with Crippen molar-refractivity contribution in [3.63, 3.8) is 0 Å². The summed E-state index contributed by atoms with van der Waals surface area (Å²) in [5.74, 6) is 0.458. The van der Waals surface area contributed by atoms with Crippen LogP contribution in [0.15, 0.2) is 0 Å². The van der Waals surface area contributed by atoms with E-state index >= 15 is 0 Å². The molecule has 0 aromatic carbocycles. The van der Waals surface area contributed by atoms with E-state index in [2.05, 4.69) is 13.8 Å². The molecule has 0 fully saturated rings. The first-order valence-electron chi connectivity index (χ1n) is 6.03. The average molecular weight is 214 g/mol. The molecule has 0 rings (SSSR count). The molecule has 0 radical (unpaired) electrons. The minimum absolute atomic E-state index is 0.0582. The highest BCUT2D eigenvalue weighted by molar-refractivity contribution is 5.78. The van der Waals surface area contributed by atoms with E-state index < -0.39 is 0 Å². The minimum Gasteiger partial charge on any atom is -0.344 e. The second-order valence-electron chi connectivity index (χ2n) is 4.47. The minimum atomic E-state index is 0.0582. The lowest BCUT2D eigenvalue weighted by molar-refractivity contribution is -0.134. The zero-order valence-electron chi connectivity index (χ0n) is 10.6. The van der Waals surface area contributed by atoms with Gasteiger partial charge in [-0.15, -0.1) is 0 Å². The van der Waals surface area contributed by atoms with Gasteiger partial charge >= 0.3 is 0 Å². The molecule has 2 N–H and O–H groups in total. The zero-order valence-corrected chi connectivity index (χ0v) is 10.6. The van der Waals surface area contributed by atoms with Crippen LogP contribution in [0.3, 0.4) is 0 Å². The van der Waals surface area contributed by atoms with E-state index in [1.165, 1.54) is 0 Å². The molecule has 1 amide bonds. The summed E-state index contributed by atoms with van der Waals surface area (Å²) in [6.07, 6.45) is 4.14. The number of nitrogens with two attached hydrogens (primary N) is 1. The van der Waals surface area contributed by atoms with Gasteiger partial charge < -0.3 is 10.6 Å². The van der Waals surface area contributed by atoms with Crippen molar-refractivity contribution in [2.75, 3.05) is 13.6 Å². The van der Waals surface area contributed by atoms with E-state index in [4.69, 9.17) is 5.73 Å². The normalized spacial score (nSPS) is 12.9. The molecule has 0 spiro atoms. The molecule has 0 bridgehead atoms. The molecule has 0 aliphatic rings. The molecule has 1 unspecified atom stereocenters. The van der Waals surface area contributed by atoms with Gasteiger partial charge in [-0.1, -0.05) is 26.7 Å². The first kappa shape index (κ1) is 14.4. The van der Waals surface area contributed by atoms with Crippen LogP contribution < -0.4 is 5.73 Å². The van der Waals surface area contributed by atoms with E-state index in [0.717, 1.165) is 25.7 Å². The average Bonchev–Trinajstić information content (AvgIpc) is 2.15. The van der Waals surface area contributed by atoms with E-state index in [1.807, 2.05) is 14.0 Å². The smallest absolute Gasteiger partial charge is 0.225 e. The van der Waals surface area contributed by atoms with Crippen molar-refractivity contribution in [3.05, 3.63) is 0 Å². The maximum atomic E-state index is 12.0. The van der Waals surface area contributed by atoms with Crippen molar-refractivity contribution in [3.8, 4) is 0 Å². The summed E-state index contributed by atoms with van der Waals surface area (Å²) in [6.45, 7) is 6.84. The predicted octanol–water partition coefficient (Wildman–Crippen LogP) is 2.01. The number of hydrogen-bond acceptors (Lipinski definition) is 2. The topological polar surface area (TPSA) is 46.3 Å². The third-order valence-electron chi connectivity index (χ3n) is 2.56. The molecule has 0 aromatic heterocycles. The van der Waals surface area contributed by atoms with Crippen LogP contribution in [0.2, 0.25) is 0 Å². The highest BCUT2D eigenvalue weighted by atomic mass is 16.2. The number of nitrogens with zero attached hydrogens (tertiary/aromatic N) is 1. The quantitative estimate of drug-likeness (QED) is 0.704. The summed E-state index contributed by atoms with van der Waals surface area (Å²) < 4.78 is 0. The molecule has 15 heavy (non-hydrogen) atoms. The largest absolute Gasteiger partial charge is 0.344 e. The molecule has 0 aliphatic heterocycles. The fourth-order valence-corrected chi connectivity index (χ4v) is 1.92. The number of rotatable bonds is 7. The highest BCUT2D eigenvalue weighted by Crippen LogP contribution is 2.16. The molecule has 0 aromatic rings. The lowest BCUT2D eigenvalue weighted by Gasteiger charge is -2.24. The summed E-state index contributed by atoms with van der Waals surface area (Å²) >= 11 is 0. The van der Waals surface area contributed by atoms with Crippen molar-refractivity contribution in [1.29, 1.82) is 0 Å². The van der Waals surface area contributed by atoms with Crippen LogP contribution in [-0.4, -0.2) is 30.4 Å². The zero-order chi connectivity index (χ0) is 11.8. The third-order valence-corrected chi connectivity index (χ3v) is 2.56. The van der Waals surface area contributed by atoms with Crippen molar-refractivity contribution in [1.82, 2.24) is 4.90 Å². The van der Waals surface area contributed by atoms with Crippen molar-refractivity contribution < 1.29 is 4.79 Å². The third kappa shape index (κ3) is 5.78. The Balaban J connectivity index is 4.21. The molecular formula is C12H26N2O. The van der Waals surface area contributed by atoms with Crippen molar-refractivity contribution >= 4 is 5.91 Å². The Kier molecular flexibility index (Phi) is 7.39. The number of hydrogen-bond donors (Lipinski definition) is 1. The summed E-state index contributed by atoms with van der Waals surface area (Å²) in [7, 11) is 1.85. The van der Waals surface area contributed by atoms with Crippen molar-refractivity contribution in [2.24, 2.45) is 11.7 Å². The molecule has 3 heteroatoms. The first-order valence-corrected chi connectivity index (χ1v) is 6.03. The summed E-state index contributed by atoms with van der Waals surface area (Å²) in [5, 5.41) is 0. The fraction of sp³-hybridized carbons (Fsp3) is 0.917. The summed E-state index contributed by atoms with van der Waals surface area (Å²) in [5.41, 5.74) is 5.69. The Hall–Kier alpha value is -0.570. The fourth-order valence-electron chi connectivity index (χ4n) is 1.92. The van der Waals surface area contributed by atoms with Gasteiger partial charge in [-0.05, 0) is 19.8 Å². The van der Waals surface area contributed by atoms with E-state index in [0.29, 0.717) is 6.54 Å². The van der Waals surface area contributed by atoms with Crippen LogP contribution in [0, 0.1) is 5.92 Å². The molecule has 90 valence electrons. The van der Waals surface area contributed by atoms with Crippen LogP contribution >= 0.6 is 0 Å². The van der Waals surface area contributed by atoms with Gasteiger partial charge in [0, 0.05) is 25.6 Å². The summed E-state index contributed by atoms with van der Waals surface area (Å²) in [4.78, 5) is 13.8. The molecule has 0 saturated carbocycles. The monoisotopic (exact) mass is 214 g/mol. The second kappa shape index (κ2) is 7.69. The van der Waals surface area contributed by atoms with Crippen LogP contribution in [0.25, 0.3) is 0 Å². The number of amides is 1. The maximum Gasteiger partial charge on any atom is 0.225 e. The molecule has 1 atom stereocenters. The van der Waals surface area contributed by atoms with Crippen LogP contribution in [0.4, 0.5) is 0 Å². The highest BCUT2D eigenvalue weighted by Gasteiger charge is 2.20. The summed E-state index contributed by atoms with van der Waals surface area (Å²) in [6, 6.07) is 0.0582. The molecule has 3 nitrogen and oxygen atoms in total. The number of carbonyl (C=O) groups excluding carboxylic acids is 1. The van der Waals surface area contributed by atoms with Gasteiger partial charge in [0.25, 0.3) is 0 Å².